The van der Waals surface area contributed by atoms with Crippen LogP contribution in [0.25, 0.3) is 0 Å². The summed E-state index contributed by atoms with van der Waals surface area (Å²) in [5.41, 5.74) is 0. The first kappa shape index (κ1) is 8.31. The quantitative estimate of drug-likeness (QED) is 0.487. The van der Waals surface area contributed by atoms with Gasteiger partial charge in [-0.2, -0.15) is 0 Å². The minimum Gasteiger partial charge on any atom is -0.390 e. The lowest BCUT2D eigenvalue weighted by Crippen LogP contribution is -2.50. The Labute approximate surface area is 66.8 Å². The Morgan fingerprint density at radius 1 is 1.40 bits per heavy atom. The van der Waals surface area contributed by atoms with Crippen molar-refractivity contribution in [1.82, 2.24) is 4.90 Å². The zero-order chi connectivity index (χ0) is 7.40. The molecule has 1 aliphatic rings. The molecular weight excluding hydrogens is 150 g/mol. The molecule has 0 aromatic rings. The highest BCUT2D eigenvalue weighted by atomic mass is 35.5. The number of halogens is 1. The lowest BCUT2D eigenvalue weighted by molar-refractivity contribution is 0.00176. The Kier molecular flexibility index (Phi) is 3.46. The number of nitrogens with zero attached hydrogens (tertiary/aromatic N) is 1. The third-order valence-corrected chi connectivity index (χ3v) is 2.06. The van der Waals surface area contributed by atoms with E-state index in [1.54, 1.807) is 0 Å². The summed E-state index contributed by atoms with van der Waals surface area (Å²) in [6, 6.07) is 0. The highest BCUT2D eigenvalue weighted by Gasteiger charge is 2.22. The normalized spacial score (nSPS) is 21.0. The molecule has 1 rings (SSSR count). The molecule has 0 unspecified atom stereocenters. The topological polar surface area (TPSA) is 23.5 Å². The van der Waals surface area contributed by atoms with Gasteiger partial charge in [0.1, 0.15) is 0 Å². The van der Waals surface area contributed by atoms with Crippen molar-refractivity contribution in [2.45, 2.75) is 18.9 Å². The van der Waals surface area contributed by atoms with Crippen LogP contribution in [0.15, 0.2) is 0 Å². The molecule has 0 atom stereocenters. The first-order valence-corrected chi connectivity index (χ1v) is 4.33. The molecule has 0 radical (unpaired) electrons. The number of hydrogen-bond donors (Lipinski definition) is 1. The fraction of sp³-hybridized carbons (Fsp3) is 1.00. The van der Waals surface area contributed by atoms with Crippen LogP contribution in [0.3, 0.4) is 0 Å². The molecule has 1 N–H and O–H groups in total. The Morgan fingerprint density at radius 2 is 2.10 bits per heavy atom. The van der Waals surface area contributed by atoms with Gasteiger partial charge in [0, 0.05) is 19.0 Å². The largest absolute Gasteiger partial charge is 0.390 e. The molecular formula is C7H14ClNO. The predicted octanol–water partition coefficient (Wildman–Crippen LogP) is 0.682. The van der Waals surface area contributed by atoms with Gasteiger partial charge in [-0.1, -0.05) is 0 Å². The number of aliphatic hydroxyl groups is 1. The van der Waals surface area contributed by atoms with Gasteiger partial charge in [0.25, 0.3) is 0 Å². The lowest BCUT2D eigenvalue weighted by atomic mass is 10.1. The predicted molar refractivity (Wildman–Crippen MR) is 42.4 cm³/mol. The molecule has 1 heterocycles. The van der Waals surface area contributed by atoms with Crippen LogP contribution in [0, 0.1) is 0 Å². The summed E-state index contributed by atoms with van der Waals surface area (Å²) in [7, 11) is 0. The SMILES string of the molecule is OC1CN(CCCCCl)C1. The van der Waals surface area contributed by atoms with Crippen LogP contribution in [0.2, 0.25) is 0 Å². The van der Waals surface area contributed by atoms with E-state index in [0.29, 0.717) is 0 Å². The second-order valence-electron chi connectivity index (χ2n) is 2.81. The van der Waals surface area contributed by atoms with E-state index in [4.69, 9.17) is 16.7 Å². The summed E-state index contributed by atoms with van der Waals surface area (Å²) < 4.78 is 0. The summed E-state index contributed by atoms with van der Waals surface area (Å²) in [6.45, 7) is 2.83. The number of β-amino-alcohol motifs (C(OH)–C–C–N with tert-alkyl or cyclic N) is 1. The first-order chi connectivity index (χ1) is 4.83. The van der Waals surface area contributed by atoms with Gasteiger partial charge in [-0.15, -0.1) is 11.6 Å². The van der Waals surface area contributed by atoms with E-state index in [1.165, 1.54) is 0 Å². The fourth-order valence-corrected chi connectivity index (χ4v) is 1.34. The molecule has 0 amide bonds. The maximum Gasteiger partial charge on any atom is 0.0793 e. The third kappa shape index (κ3) is 2.45. The molecule has 0 spiro atoms. The molecule has 0 aliphatic carbocycles. The molecule has 1 fully saturated rings. The van der Waals surface area contributed by atoms with Gasteiger partial charge >= 0.3 is 0 Å². The van der Waals surface area contributed by atoms with Gasteiger partial charge < -0.3 is 5.11 Å². The van der Waals surface area contributed by atoms with Crippen LogP contribution >= 0.6 is 11.6 Å². The fourth-order valence-electron chi connectivity index (χ4n) is 1.16. The molecule has 0 aromatic carbocycles. The summed E-state index contributed by atoms with van der Waals surface area (Å²) in [5.74, 6) is 0.760. The van der Waals surface area contributed by atoms with Crippen molar-refractivity contribution < 1.29 is 5.11 Å². The molecule has 1 aliphatic heterocycles. The van der Waals surface area contributed by atoms with Crippen LogP contribution in [0.1, 0.15) is 12.8 Å². The zero-order valence-electron chi connectivity index (χ0n) is 6.09. The minimum atomic E-state index is -0.0593. The van der Waals surface area contributed by atoms with E-state index >= 15 is 0 Å². The van der Waals surface area contributed by atoms with Gasteiger partial charge in [-0.05, 0) is 19.4 Å². The maximum absolute atomic E-state index is 8.91. The van der Waals surface area contributed by atoms with Gasteiger partial charge in [-0.25, -0.2) is 0 Å². The van der Waals surface area contributed by atoms with Crippen molar-refractivity contribution >= 4 is 11.6 Å². The molecule has 0 saturated carbocycles. The summed E-state index contributed by atoms with van der Waals surface area (Å²) >= 11 is 5.51. The molecule has 60 valence electrons. The Hall–Kier alpha value is 0.210. The smallest absolute Gasteiger partial charge is 0.0793 e. The molecule has 10 heavy (non-hydrogen) atoms. The van der Waals surface area contributed by atoms with Crippen molar-refractivity contribution in [1.29, 1.82) is 0 Å². The van der Waals surface area contributed by atoms with Gasteiger partial charge in [0.15, 0.2) is 0 Å². The van der Waals surface area contributed by atoms with Crippen molar-refractivity contribution in [2.24, 2.45) is 0 Å². The van der Waals surface area contributed by atoms with Crippen molar-refractivity contribution in [3.05, 3.63) is 0 Å². The number of rotatable bonds is 4. The third-order valence-electron chi connectivity index (χ3n) is 1.80. The monoisotopic (exact) mass is 163 g/mol. The Morgan fingerprint density at radius 3 is 2.60 bits per heavy atom. The van der Waals surface area contributed by atoms with Gasteiger partial charge in [-0.3, -0.25) is 4.90 Å². The number of likely N-dealkylation sites (tertiary alicyclic amines) is 1. The van der Waals surface area contributed by atoms with Crippen molar-refractivity contribution in [3.63, 3.8) is 0 Å². The van der Waals surface area contributed by atoms with Crippen LogP contribution in [0.5, 0.6) is 0 Å². The van der Waals surface area contributed by atoms with Gasteiger partial charge in [0.05, 0.1) is 6.10 Å². The number of aliphatic hydroxyl groups excluding tert-OH is 1. The number of unbranched alkanes of at least 4 members (excludes halogenated alkanes) is 1. The van der Waals surface area contributed by atoms with Crippen LogP contribution in [-0.4, -0.2) is 41.6 Å². The van der Waals surface area contributed by atoms with E-state index < -0.39 is 0 Å². The molecule has 0 bridgehead atoms. The van der Waals surface area contributed by atoms with Crippen molar-refractivity contribution in [2.75, 3.05) is 25.5 Å². The minimum absolute atomic E-state index is 0.0593. The zero-order valence-corrected chi connectivity index (χ0v) is 6.85. The second kappa shape index (κ2) is 4.16. The second-order valence-corrected chi connectivity index (χ2v) is 3.19. The number of alkyl halides is 1. The van der Waals surface area contributed by atoms with Crippen LogP contribution in [-0.2, 0) is 0 Å². The van der Waals surface area contributed by atoms with E-state index in [1.807, 2.05) is 0 Å². The van der Waals surface area contributed by atoms with Gasteiger partial charge in [0.2, 0.25) is 0 Å². The Balaban J connectivity index is 1.86. The number of hydrogen-bond acceptors (Lipinski definition) is 2. The van der Waals surface area contributed by atoms with Crippen LogP contribution in [0.4, 0.5) is 0 Å². The summed E-state index contributed by atoms with van der Waals surface area (Å²) in [5, 5.41) is 8.91. The highest BCUT2D eigenvalue weighted by Crippen LogP contribution is 2.08. The van der Waals surface area contributed by atoms with E-state index in [9.17, 15) is 0 Å². The average Bonchev–Trinajstić information content (AvgIpc) is 1.85. The van der Waals surface area contributed by atoms with Crippen molar-refractivity contribution in [3.8, 4) is 0 Å². The van der Waals surface area contributed by atoms with E-state index in [-0.39, 0.29) is 6.10 Å². The lowest BCUT2D eigenvalue weighted by Gasteiger charge is -2.35. The van der Waals surface area contributed by atoms with E-state index in [0.717, 1.165) is 38.4 Å². The van der Waals surface area contributed by atoms with Crippen LogP contribution < -0.4 is 0 Å². The molecule has 0 aromatic heterocycles. The van der Waals surface area contributed by atoms with E-state index in [2.05, 4.69) is 4.90 Å². The maximum atomic E-state index is 8.91. The molecule has 1 saturated heterocycles. The molecule has 3 heteroatoms. The molecule has 2 nitrogen and oxygen atoms in total. The average molecular weight is 164 g/mol. The Bertz CT molecular complexity index is 93.6. The summed E-state index contributed by atoms with van der Waals surface area (Å²) in [4.78, 5) is 2.25. The summed E-state index contributed by atoms with van der Waals surface area (Å²) in [6.07, 6.45) is 2.20. The first-order valence-electron chi connectivity index (χ1n) is 3.79. The highest BCUT2D eigenvalue weighted by molar-refractivity contribution is 6.17. The standard InChI is InChI=1S/C7H14ClNO/c8-3-1-2-4-9-5-7(10)6-9/h7,10H,1-6H2.